The van der Waals surface area contributed by atoms with Gasteiger partial charge in [0.25, 0.3) is 5.69 Å². The Balaban J connectivity index is 2.48. The molecule has 8 heteroatoms. The van der Waals surface area contributed by atoms with E-state index in [1.54, 1.807) is 6.07 Å². The molecule has 0 fully saturated rings. The van der Waals surface area contributed by atoms with E-state index in [0.29, 0.717) is 6.29 Å². The summed E-state index contributed by atoms with van der Waals surface area (Å²) in [6.45, 7) is 0. The number of rotatable bonds is 5. The Hall–Kier alpha value is -3.29. The number of furan rings is 1. The van der Waals surface area contributed by atoms with Crippen LogP contribution in [0.4, 0.5) is 11.6 Å². The van der Waals surface area contributed by atoms with Crippen molar-refractivity contribution in [2.45, 2.75) is 0 Å². The lowest BCUT2D eigenvalue weighted by Crippen LogP contribution is -1.95. The second-order valence-corrected chi connectivity index (χ2v) is 3.92. The molecule has 0 N–H and O–H groups in total. The van der Waals surface area contributed by atoms with Gasteiger partial charge in [0.05, 0.1) is 16.6 Å². The summed E-state index contributed by atoms with van der Waals surface area (Å²) in [7, 11) is 0. The van der Waals surface area contributed by atoms with Crippen molar-refractivity contribution >= 4 is 29.5 Å². The number of para-hydroxylation sites is 1. The highest BCUT2D eigenvalue weighted by molar-refractivity contribution is 6.14. The van der Waals surface area contributed by atoms with Crippen molar-refractivity contribution in [3.63, 3.8) is 0 Å². The molecule has 0 amide bonds. The van der Waals surface area contributed by atoms with Crippen molar-refractivity contribution in [2.24, 2.45) is 0 Å². The van der Waals surface area contributed by atoms with Crippen LogP contribution in [-0.4, -0.2) is 16.1 Å². The van der Waals surface area contributed by atoms with Gasteiger partial charge in [-0.1, -0.05) is 12.1 Å². The maximum atomic E-state index is 11.2. The highest BCUT2D eigenvalue weighted by Crippen LogP contribution is 2.27. The fourth-order valence-corrected chi connectivity index (χ4v) is 1.72. The normalized spacial score (nSPS) is 11.1. The number of benzene rings is 1. The van der Waals surface area contributed by atoms with E-state index in [0.717, 1.165) is 6.07 Å². The first-order valence-corrected chi connectivity index (χ1v) is 5.68. The Morgan fingerprint density at radius 2 is 1.76 bits per heavy atom. The molecule has 0 aliphatic heterocycles. The van der Waals surface area contributed by atoms with Crippen LogP contribution in [0.15, 0.2) is 40.8 Å². The largest absolute Gasteiger partial charge is 0.433 e. The predicted molar refractivity (Wildman–Crippen MR) is 72.4 cm³/mol. The van der Waals surface area contributed by atoms with Crippen LogP contribution in [0.2, 0.25) is 0 Å². The van der Waals surface area contributed by atoms with E-state index in [2.05, 4.69) is 0 Å². The molecule has 1 heterocycles. The summed E-state index contributed by atoms with van der Waals surface area (Å²) in [6.07, 6.45) is 1.64. The van der Waals surface area contributed by atoms with Crippen LogP contribution in [0.1, 0.15) is 11.3 Å². The summed E-state index contributed by atoms with van der Waals surface area (Å²) in [4.78, 5) is 31.3. The lowest BCUT2D eigenvalue weighted by molar-refractivity contribution is -0.402. The molecule has 1 aromatic heterocycles. The van der Waals surface area contributed by atoms with Gasteiger partial charge in [0.1, 0.15) is 10.7 Å². The molecular formula is C13H8N2O6. The Morgan fingerprint density at radius 3 is 2.33 bits per heavy atom. The van der Waals surface area contributed by atoms with Gasteiger partial charge in [-0.05, 0) is 18.2 Å². The molecule has 8 nitrogen and oxygen atoms in total. The van der Waals surface area contributed by atoms with Gasteiger partial charge < -0.3 is 4.42 Å². The number of aldehydes is 1. The lowest BCUT2D eigenvalue weighted by atomic mass is 10.0. The van der Waals surface area contributed by atoms with Crippen LogP contribution >= 0.6 is 0 Å². The third-order valence-corrected chi connectivity index (χ3v) is 2.63. The molecule has 0 atom stereocenters. The van der Waals surface area contributed by atoms with Gasteiger partial charge in [0, 0.05) is 11.6 Å². The number of nitro benzene ring substituents is 1. The zero-order valence-corrected chi connectivity index (χ0v) is 10.5. The van der Waals surface area contributed by atoms with E-state index in [1.807, 2.05) is 0 Å². The first-order chi connectivity index (χ1) is 10.0. The second kappa shape index (κ2) is 5.78. The van der Waals surface area contributed by atoms with Crippen LogP contribution in [0, 0.1) is 20.2 Å². The van der Waals surface area contributed by atoms with E-state index in [1.165, 1.54) is 30.3 Å². The minimum atomic E-state index is -0.719. The molecule has 0 bridgehead atoms. The summed E-state index contributed by atoms with van der Waals surface area (Å²) in [6, 6.07) is 8.13. The summed E-state index contributed by atoms with van der Waals surface area (Å²) >= 11 is 0. The summed E-state index contributed by atoms with van der Waals surface area (Å²) in [5.41, 5.74) is -0.139. The summed E-state index contributed by atoms with van der Waals surface area (Å²) < 4.78 is 4.90. The molecule has 2 aromatic rings. The number of allylic oxidation sites excluding steroid dienone is 1. The first-order valence-electron chi connectivity index (χ1n) is 5.68. The zero-order valence-electron chi connectivity index (χ0n) is 10.5. The fourth-order valence-electron chi connectivity index (χ4n) is 1.72. The molecule has 0 aliphatic carbocycles. The number of hydrogen-bond donors (Lipinski definition) is 0. The van der Waals surface area contributed by atoms with Crippen molar-refractivity contribution in [2.75, 3.05) is 0 Å². The van der Waals surface area contributed by atoms with Crippen LogP contribution in [0.3, 0.4) is 0 Å². The third kappa shape index (κ3) is 3.00. The molecule has 0 unspecified atom stereocenters. The van der Waals surface area contributed by atoms with Crippen molar-refractivity contribution in [3.05, 3.63) is 68.0 Å². The third-order valence-electron chi connectivity index (χ3n) is 2.63. The van der Waals surface area contributed by atoms with Crippen LogP contribution < -0.4 is 0 Å². The van der Waals surface area contributed by atoms with Crippen molar-refractivity contribution in [1.82, 2.24) is 0 Å². The average molecular weight is 288 g/mol. The molecular weight excluding hydrogens is 280 g/mol. The van der Waals surface area contributed by atoms with Gasteiger partial charge in [0.2, 0.25) is 0 Å². The van der Waals surface area contributed by atoms with E-state index in [-0.39, 0.29) is 22.6 Å². The molecule has 21 heavy (non-hydrogen) atoms. The van der Waals surface area contributed by atoms with Crippen molar-refractivity contribution in [1.29, 1.82) is 0 Å². The first kappa shape index (κ1) is 14.1. The van der Waals surface area contributed by atoms with Gasteiger partial charge in [-0.15, -0.1) is 0 Å². The number of nitrogens with zero attached hydrogens (tertiary/aromatic N) is 2. The number of hydrogen-bond acceptors (Lipinski definition) is 6. The molecule has 0 spiro atoms. The molecule has 2 rings (SSSR count). The molecule has 0 radical (unpaired) electrons. The van der Waals surface area contributed by atoms with Crippen molar-refractivity contribution in [3.8, 4) is 0 Å². The van der Waals surface area contributed by atoms with E-state index < -0.39 is 15.7 Å². The zero-order chi connectivity index (χ0) is 15.4. The van der Waals surface area contributed by atoms with E-state index in [9.17, 15) is 25.0 Å². The van der Waals surface area contributed by atoms with E-state index >= 15 is 0 Å². The van der Waals surface area contributed by atoms with Crippen LogP contribution in [0.5, 0.6) is 0 Å². The SMILES string of the molecule is O=C/C(=C/c1ccc([N+](=O)[O-])o1)c1ccccc1[N+](=O)[O-]. The van der Waals surface area contributed by atoms with Gasteiger partial charge >= 0.3 is 5.88 Å². The number of carbonyl (C=O) groups is 1. The Morgan fingerprint density at radius 1 is 1.05 bits per heavy atom. The second-order valence-electron chi connectivity index (χ2n) is 3.92. The molecule has 0 saturated carbocycles. The van der Waals surface area contributed by atoms with E-state index in [4.69, 9.17) is 4.42 Å². The van der Waals surface area contributed by atoms with Gasteiger partial charge in [0.15, 0.2) is 6.29 Å². The maximum Gasteiger partial charge on any atom is 0.433 e. The van der Waals surface area contributed by atoms with Gasteiger partial charge in [-0.2, -0.15) is 0 Å². The Labute approximate surface area is 117 Å². The molecule has 106 valence electrons. The topological polar surface area (TPSA) is 116 Å². The minimum absolute atomic E-state index is 0.00783. The highest BCUT2D eigenvalue weighted by Gasteiger charge is 2.17. The monoisotopic (exact) mass is 288 g/mol. The summed E-state index contributed by atoms with van der Waals surface area (Å²) in [5.74, 6) is -0.420. The standard InChI is InChI=1S/C13H8N2O6/c16-8-9(7-10-5-6-13(21-10)15(19)20)11-3-1-2-4-12(11)14(17)18/h1-8H/b9-7-. The molecule has 1 aromatic carbocycles. The smallest absolute Gasteiger partial charge is 0.401 e. The minimum Gasteiger partial charge on any atom is -0.401 e. The number of carbonyl (C=O) groups excluding carboxylic acids is 1. The lowest BCUT2D eigenvalue weighted by Gasteiger charge is -2.01. The maximum absolute atomic E-state index is 11.2. The van der Waals surface area contributed by atoms with Crippen LogP contribution in [-0.2, 0) is 4.79 Å². The highest BCUT2D eigenvalue weighted by atomic mass is 16.6. The quantitative estimate of drug-likeness (QED) is 0.361. The van der Waals surface area contributed by atoms with Crippen LogP contribution in [0.25, 0.3) is 11.6 Å². The summed E-state index contributed by atoms with van der Waals surface area (Å²) in [5, 5.41) is 21.5. The predicted octanol–water partition coefficient (Wildman–Crippen LogP) is 2.84. The Kier molecular flexibility index (Phi) is 3.89. The average Bonchev–Trinajstić information content (AvgIpc) is 2.93. The number of nitro groups is 2. The molecule has 0 aliphatic rings. The van der Waals surface area contributed by atoms with Gasteiger partial charge in [-0.25, -0.2) is 0 Å². The van der Waals surface area contributed by atoms with Crippen molar-refractivity contribution < 1.29 is 19.1 Å². The fraction of sp³-hybridized carbons (Fsp3) is 0. The molecule has 0 saturated heterocycles. The van der Waals surface area contributed by atoms with Gasteiger partial charge in [-0.3, -0.25) is 25.0 Å². The Bertz CT molecular complexity index is 747.